The van der Waals surface area contributed by atoms with Crippen molar-refractivity contribution < 1.29 is 18.5 Å². The quantitative estimate of drug-likeness (QED) is 0.739. The number of rotatable bonds is 6. The van der Waals surface area contributed by atoms with Crippen LogP contribution in [0, 0.1) is 5.92 Å². The van der Waals surface area contributed by atoms with Gasteiger partial charge in [-0.15, -0.1) is 0 Å². The summed E-state index contributed by atoms with van der Waals surface area (Å²) in [5.41, 5.74) is 0.885. The minimum atomic E-state index is -1.12. The van der Waals surface area contributed by atoms with Gasteiger partial charge in [0.25, 0.3) is 0 Å². The van der Waals surface area contributed by atoms with Crippen molar-refractivity contribution in [3.8, 4) is 5.75 Å². The molecule has 0 amide bonds. The summed E-state index contributed by atoms with van der Waals surface area (Å²) in [7, 11) is 1.80. The zero-order valence-electron chi connectivity index (χ0n) is 10.8. The van der Waals surface area contributed by atoms with E-state index in [4.69, 9.17) is 4.74 Å². The van der Waals surface area contributed by atoms with E-state index in [0.29, 0.717) is 11.5 Å². The second-order valence-corrected chi connectivity index (χ2v) is 5.49. The predicted octanol–water partition coefficient (Wildman–Crippen LogP) is 1.75. The van der Waals surface area contributed by atoms with E-state index in [0.717, 1.165) is 11.3 Å². The van der Waals surface area contributed by atoms with Gasteiger partial charge in [-0.3, -0.25) is 9.00 Å². The number of hydrogen-bond acceptors (Lipinski definition) is 4. The van der Waals surface area contributed by atoms with Crippen molar-refractivity contribution in [1.82, 2.24) is 0 Å². The molecule has 1 rings (SSSR count). The Labute approximate surface area is 110 Å². The monoisotopic (exact) mass is 270 g/mol. The lowest BCUT2D eigenvalue weighted by Gasteiger charge is -2.10. The van der Waals surface area contributed by atoms with Crippen molar-refractivity contribution in [2.45, 2.75) is 12.7 Å². The minimum absolute atomic E-state index is 0.296. The number of ether oxygens (including phenoxy) is 2. The summed E-state index contributed by atoms with van der Waals surface area (Å²) in [6.07, 6.45) is 0. The van der Waals surface area contributed by atoms with Gasteiger partial charge in [0, 0.05) is 22.1 Å². The van der Waals surface area contributed by atoms with E-state index in [1.54, 1.807) is 14.0 Å². The zero-order valence-corrected chi connectivity index (χ0v) is 11.7. The lowest BCUT2D eigenvalue weighted by molar-refractivity contribution is -0.144. The molecule has 0 heterocycles. The fourth-order valence-corrected chi connectivity index (χ4v) is 3.00. The van der Waals surface area contributed by atoms with Crippen LogP contribution in [0.3, 0.4) is 0 Å². The van der Waals surface area contributed by atoms with Crippen molar-refractivity contribution in [2.24, 2.45) is 5.92 Å². The SMILES string of the molecule is COC(=O)C(C)CS(=O)Cc1ccccc1OC. The third-order valence-corrected chi connectivity index (χ3v) is 4.05. The highest BCUT2D eigenvalue weighted by Gasteiger charge is 2.17. The lowest BCUT2D eigenvalue weighted by atomic mass is 10.2. The number of hydrogen-bond donors (Lipinski definition) is 0. The molecular formula is C13H18O4S. The average molecular weight is 270 g/mol. The molecule has 0 N–H and O–H groups in total. The van der Waals surface area contributed by atoms with E-state index in [9.17, 15) is 9.00 Å². The molecule has 2 unspecified atom stereocenters. The Morgan fingerprint density at radius 1 is 1.33 bits per heavy atom. The summed E-state index contributed by atoms with van der Waals surface area (Å²) < 4.78 is 21.8. The highest BCUT2D eigenvalue weighted by molar-refractivity contribution is 7.84. The molecule has 4 nitrogen and oxygen atoms in total. The molecule has 0 fully saturated rings. The van der Waals surface area contributed by atoms with Crippen molar-refractivity contribution in [3.63, 3.8) is 0 Å². The van der Waals surface area contributed by atoms with Crippen LogP contribution in [0.15, 0.2) is 24.3 Å². The molecule has 0 saturated heterocycles. The molecule has 0 aliphatic rings. The van der Waals surface area contributed by atoms with Crippen LogP contribution in [0.2, 0.25) is 0 Å². The maximum atomic E-state index is 12.0. The molecule has 5 heteroatoms. The fraction of sp³-hybridized carbons (Fsp3) is 0.462. The van der Waals surface area contributed by atoms with Gasteiger partial charge in [0.15, 0.2) is 0 Å². The maximum Gasteiger partial charge on any atom is 0.309 e. The maximum absolute atomic E-state index is 12.0. The summed E-state index contributed by atoms with van der Waals surface area (Å²) in [6.45, 7) is 1.71. The highest BCUT2D eigenvalue weighted by Crippen LogP contribution is 2.19. The van der Waals surface area contributed by atoms with Gasteiger partial charge in [-0.1, -0.05) is 25.1 Å². The second kappa shape index (κ2) is 7.16. The van der Waals surface area contributed by atoms with Crippen LogP contribution in [0.4, 0.5) is 0 Å². The van der Waals surface area contributed by atoms with E-state index in [1.165, 1.54) is 7.11 Å². The summed E-state index contributed by atoms with van der Waals surface area (Å²) >= 11 is 0. The summed E-state index contributed by atoms with van der Waals surface area (Å²) in [4.78, 5) is 11.2. The Bertz CT molecular complexity index is 431. The summed E-state index contributed by atoms with van der Waals surface area (Å²) in [5, 5.41) is 0. The van der Waals surface area contributed by atoms with E-state index in [2.05, 4.69) is 4.74 Å². The molecule has 0 saturated carbocycles. The van der Waals surface area contributed by atoms with E-state index in [-0.39, 0.29) is 11.9 Å². The van der Waals surface area contributed by atoms with Gasteiger partial charge < -0.3 is 9.47 Å². The van der Waals surface area contributed by atoms with Gasteiger partial charge in [-0.2, -0.15) is 0 Å². The zero-order chi connectivity index (χ0) is 13.5. The van der Waals surface area contributed by atoms with Crippen LogP contribution in [-0.2, 0) is 26.1 Å². The topological polar surface area (TPSA) is 52.6 Å². The normalized spacial score (nSPS) is 13.7. The van der Waals surface area contributed by atoms with Crippen molar-refractivity contribution >= 4 is 16.8 Å². The molecule has 0 radical (unpaired) electrons. The first-order valence-corrected chi connectivity index (χ1v) is 7.12. The van der Waals surface area contributed by atoms with Crippen molar-refractivity contribution in [2.75, 3.05) is 20.0 Å². The largest absolute Gasteiger partial charge is 0.496 e. The molecule has 0 spiro atoms. The van der Waals surface area contributed by atoms with Crippen LogP contribution in [0.1, 0.15) is 12.5 Å². The van der Waals surface area contributed by atoms with Gasteiger partial charge in [-0.05, 0) is 6.07 Å². The Morgan fingerprint density at radius 2 is 2.00 bits per heavy atom. The molecular weight excluding hydrogens is 252 g/mol. The van der Waals surface area contributed by atoms with E-state index < -0.39 is 10.8 Å². The number of para-hydroxylation sites is 1. The molecule has 2 atom stereocenters. The first-order valence-electron chi connectivity index (χ1n) is 5.63. The molecule has 0 bridgehead atoms. The molecule has 1 aromatic rings. The van der Waals surface area contributed by atoms with E-state index in [1.807, 2.05) is 24.3 Å². The second-order valence-electron chi connectivity index (χ2n) is 3.99. The standard InChI is InChI=1S/C13H18O4S/c1-10(13(14)17-3)8-18(15)9-11-6-4-5-7-12(11)16-2/h4-7,10H,8-9H2,1-3H3. The Kier molecular flexibility index (Phi) is 5.85. The number of carbonyl (C=O) groups is 1. The average Bonchev–Trinajstić information content (AvgIpc) is 2.38. The third-order valence-electron chi connectivity index (χ3n) is 2.55. The van der Waals surface area contributed by atoms with Gasteiger partial charge in [0.2, 0.25) is 0 Å². The van der Waals surface area contributed by atoms with Gasteiger partial charge >= 0.3 is 5.97 Å². The third kappa shape index (κ3) is 4.14. The Hall–Kier alpha value is -1.36. The lowest BCUT2D eigenvalue weighted by Crippen LogP contribution is -2.20. The number of carbonyl (C=O) groups excluding carboxylic acids is 1. The molecule has 0 aromatic heterocycles. The molecule has 0 aliphatic carbocycles. The molecule has 0 aliphatic heterocycles. The van der Waals surface area contributed by atoms with Crippen LogP contribution in [-0.4, -0.2) is 30.2 Å². The number of methoxy groups -OCH3 is 2. The molecule has 100 valence electrons. The number of esters is 1. The van der Waals surface area contributed by atoms with Crippen molar-refractivity contribution in [3.05, 3.63) is 29.8 Å². The first-order chi connectivity index (χ1) is 8.58. The van der Waals surface area contributed by atoms with Gasteiger partial charge in [0.1, 0.15) is 5.75 Å². The first kappa shape index (κ1) is 14.7. The van der Waals surface area contributed by atoms with Crippen molar-refractivity contribution in [1.29, 1.82) is 0 Å². The molecule has 1 aromatic carbocycles. The summed E-state index contributed by atoms with van der Waals surface area (Å²) in [6, 6.07) is 7.44. The minimum Gasteiger partial charge on any atom is -0.496 e. The van der Waals surface area contributed by atoms with Crippen LogP contribution >= 0.6 is 0 Å². The highest BCUT2D eigenvalue weighted by atomic mass is 32.2. The number of benzene rings is 1. The molecule has 18 heavy (non-hydrogen) atoms. The van der Waals surface area contributed by atoms with Crippen LogP contribution in [0.5, 0.6) is 5.75 Å². The summed E-state index contributed by atoms with van der Waals surface area (Å²) in [5.74, 6) is 0.710. The smallest absolute Gasteiger partial charge is 0.309 e. The fourth-order valence-electron chi connectivity index (χ4n) is 1.60. The van der Waals surface area contributed by atoms with Gasteiger partial charge in [0.05, 0.1) is 25.9 Å². The van der Waals surface area contributed by atoms with Gasteiger partial charge in [-0.25, -0.2) is 0 Å². The van der Waals surface area contributed by atoms with Crippen LogP contribution in [0.25, 0.3) is 0 Å². The van der Waals surface area contributed by atoms with E-state index >= 15 is 0 Å². The predicted molar refractivity (Wildman–Crippen MR) is 70.9 cm³/mol. The Balaban J connectivity index is 2.62. The Morgan fingerprint density at radius 3 is 2.61 bits per heavy atom. The van der Waals surface area contributed by atoms with Crippen LogP contribution < -0.4 is 4.74 Å².